The van der Waals surface area contributed by atoms with Crippen LogP contribution in [0.2, 0.25) is 5.02 Å². The zero-order chi connectivity index (χ0) is 28.4. The highest BCUT2D eigenvalue weighted by atomic mass is 35.5. The summed E-state index contributed by atoms with van der Waals surface area (Å²) in [6.07, 6.45) is 2.11. The van der Waals surface area contributed by atoms with E-state index in [1.165, 1.54) is 0 Å². The average molecular weight is 549 g/mol. The number of fused-ring (bicyclic) bond motifs is 1. The molecule has 7 nitrogen and oxygen atoms in total. The quantitative estimate of drug-likeness (QED) is 0.320. The maximum atomic E-state index is 13.5. The molecular weight excluding hydrogens is 516 g/mol. The van der Waals surface area contributed by atoms with Crippen molar-refractivity contribution in [3.05, 3.63) is 63.7 Å². The number of rotatable bonds is 9. The van der Waals surface area contributed by atoms with Gasteiger partial charge in [-0.2, -0.15) is 5.26 Å². The molecule has 0 spiro atoms. The Morgan fingerprint density at radius 1 is 1.15 bits per heavy atom. The molecule has 2 aromatic rings. The van der Waals surface area contributed by atoms with Gasteiger partial charge >= 0.3 is 5.97 Å². The Kier molecular flexibility index (Phi) is 8.25. The highest BCUT2D eigenvalue weighted by molar-refractivity contribution is 6.31. The molecule has 0 aromatic heterocycles. The van der Waals surface area contributed by atoms with Crippen molar-refractivity contribution in [3.63, 3.8) is 0 Å². The molecule has 0 bridgehead atoms. The van der Waals surface area contributed by atoms with E-state index in [1.807, 2.05) is 23.1 Å². The van der Waals surface area contributed by atoms with E-state index in [9.17, 15) is 9.59 Å². The minimum Gasteiger partial charge on any atom is -0.489 e. The lowest BCUT2D eigenvalue weighted by Gasteiger charge is -2.65. The minimum absolute atomic E-state index is 0.0249. The van der Waals surface area contributed by atoms with Gasteiger partial charge in [0, 0.05) is 53.6 Å². The maximum Gasteiger partial charge on any atom is 0.329 e. The van der Waals surface area contributed by atoms with Gasteiger partial charge in [0.1, 0.15) is 24.5 Å². The van der Waals surface area contributed by atoms with Gasteiger partial charge in [0.25, 0.3) is 5.91 Å². The Morgan fingerprint density at radius 2 is 1.90 bits per heavy atom. The first-order valence-corrected chi connectivity index (χ1v) is 13.4. The Bertz CT molecular complexity index is 1370. The molecule has 1 heterocycles. The second-order valence-electron chi connectivity index (χ2n) is 11.3. The van der Waals surface area contributed by atoms with Crippen LogP contribution in [0.25, 0.3) is 0 Å². The fourth-order valence-electron chi connectivity index (χ4n) is 6.38. The summed E-state index contributed by atoms with van der Waals surface area (Å²) < 4.78 is 11.4. The number of unbranched alkanes of at least 4 members (excludes halogenated alkanes) is 2. The van der Waals surface area contributed by atoms with E-state index in [-0.39, 0.29) is 35.5 Å². The molecule has 1 fully saturated rings. The summed E-state index contributed by atoms with van der Waals surface area (Å²) in [5.41, 5.74) is 2.32. The number of halogens is 1. The van der Waals surface area contributed by atoms with E-state index in [0.29, 0.717) is 41.5 Å². The molecule has 2 aliphatic rings. The lowest BCUT2D eigenvalue weighted by molar-refractivity contribution is -0.199. The van der Waals surface area contributed by atoms with Crippen LogP contribution in [0, 0.1) is 34.0 Å². The van der Waals surface area contributed by atoms with Crippen LogP contribution in [0.3, 0.4) is 0 Å². The number of aliphatic carboxylic acids is 1. The second kappa shape index (κ2) is 11.3. The monoisotopic (exact) mass is 548 g/mol. The number of carbonyl (C=O) groups excluding carboxylic acids is 1. The maximum absolute atomic E-state index is 13.5. The van der Waals surface area contributed by atoms with Gasteiger partial charge in [-0.05, 0) is 48.7 Å². The molecule has 1 amide bonds. The first-order chi connectivity index (χ1) is 18.5. The number of ether oxygens (including phenoxy) is 2. The van der Waals surface area contributed by atoms with Crippen LogP contribution in [0.4, 0.5) is 0 Å². The third kappa shape index (κ3) is 5.76. The summed E-state index contributed by atoms with van der Waals surface area (Å²) in [6.45, 7) is 9.16. The van der Waals surface area contributed by atoms with Gasteiger partial charge in [-0.1, -0.05) is 51.1 Å². The predicted octanol–water partition coefficient (Wildman–Crippen LogP) is 5.67. The number of hydrogen-bond donors (Lipinski definition) is 1. The molecule has 1 N–H and O–H groups in total. The SMILES string of the molecule is CC1(C)[C@H](Oc2ccc(C#N)c(Cl)c2)C(C)(C)[C@H]1N1Cc2cc(C#CCCCCOCC(=O)O)ccc2C1=O. The molecular formula is C31H33ClN2O5. The molecule has 4 rings (SSSR count). The summed E-state index contributed by atoms with van der Waals surface area (Å²) >= 11 is 6.22. The Hall–Kier alpha value is -3.52. The molecule has 0 atom stereocenters. The zero-order valence-electron chi connectivity index (χ0n) is 22.7. The van der Waals surface area contributed by atoms with E-state index in [1.54, 1.807) is 18.2 Å². The number of carboxylic acid groups (broad SMARTS) is 1. The molecule has 0 saturated heterocycles. The van der Waals surface area contributed by atoms with Crippen LogP contribution in [0.1, 0.15) is 74.0 Å². The fraction of sp³-hybridized carbons (Fsp3) is 0.452. The smallest absolute Gasteiger partial charge is 0.329 e. The fourth-order valence-corrected chi connectivity index (χ4v) is 6.59. The van der Waals surface area contributed by atoms with Crippen molar-refractivity contribution in [2.24, 2.45) is 10.8 Å². The summed E-state index contributed by atoms with van der Waals surface area (Å²) in [5.74, 6) is 6.01. The van der Waals surface area contributed by atoms with Crippen LogP contribution >= 0.6 is 11.6 Å². The highest BCUT2D eigenvalue weighted by Gasteiger charge is 2.66. The van der Waals surface area contributed by atoms with E-state index < -0.39 is 5.97 Å². The third-order valence-electron chi connectivity index (χ3n) is 7.62. The summed E-state index contributed by atoms with van der Waals surface area (Å²) in [7, 11) is 0. The molecule has 204 valence electrons. The van der Waals surface area contributed by atoms with Crippen LogP contribution in [0.5, 0.6) is 5.75 Å². The standard InChI is InChI=1S/C31H33ClN2O5/c1-30(2)28(31(3,4)29(30)39-23-12-11-21(17-33)25(32)16-23)34-18-22-15-20(10-13-24(22)27(34)37)9-7-5-6-8-14-38-19-26(35)36/h10-13,15-16,28-29H,5-6,8,14,18-19H2,1-4H3,(H,35,36)/t28-,29-. The van der Waals surface area contributed by atoms with Crippen molar-refractivity contribution in [1.29, 1.82) is 5.26 Å². The number of nitriles is 1. The van der Waals surface area contributed by atoms with E-state index in [0.717, 1.165) is 24.0 Å². The number of benzene rings is 2. The Balaban J connectivity index is 1.40. The molecule has 1 saturated carbocycles. The summed E-state index contributed by atoms with van der Waals surface area (Å²) in [5, 5.41) is 18.1. The van der Waals surface area contributed by atoms with Gasteiger partial charge in [-0.3, -0.25) is 4.79 Å². The largest absolute Gasteiger partial charge is 0.489 e. The molecule has 39 heavy (non-hydrogen) atoms. The van der Waals surface area contributed by atoms with Crippen LogP contribution < -0.4 is 4.74 Å². The normalized spacial score (nSPS) is 20.3. The minimum atomic E-state index is -0.963. The van der Waals surface area contributed by atoms with E-state index >= 15 is 0 Å². The van der Waals surface area contributed by atoms with Gasteiger partial charge in [-0.25, -0.2) is 4.79 Å². The number of nitrogens with zero attached hydrogens (tertiary/aromatic N) is 2. The van der Waals surface area contributed by atoms with E-state index in [2.05, 4.69) is 45.6 Å². The topological polar surface area (TPSA) is 99.9 Å². The molecule has 1 aliphatic carbocycles. The van der Waals surface area contributed by atoms with Gasteiger partial charge in [0.05, 0.1) is 10.6 Å². The van der Waals surface area contributed by atoms with Gasteiger partial charge in [-0.15, -0.1) is 0 Å². The van der Waals surface area contributed by atoms with Crippen LogP contribution in [-0.4, -0.2) is 47.2 Å². The molecule has 0 unspecified atom stereocenters. The van der Waals surface area contributed by atoms with Crippen molar-refractivity contribution in [1.82, 2.24) is 4.90 Å². The first kappa shape index (κ1) is 28.5. The van der Waals surface area contributed by atoms with Crippen molar-refractivity contribution in [2.45, 2.75) is 65.6 Å². The van der Waals surface area contributed by atoms with Gasteiger partial charge in [0.2, 0.25) is 0 Å². The summed E-state index contributed by atoms with van der Waals surface area (Å²) in [6, 6.07) is 12.9. The van der Waals surface area contributed by atoms with Crippen molar-refractivity contribution >= 4 is 23.5 Å². The zero-order valence-corrected chi connectivity index (χ0v) is 23.5. The number of hydrogen-bond acceptors (Lipinski definition) is 5. The molecule has 8 heteroatoms. The summed E-state index contributed by atoms with van der Waals surface area (Å²) in [4.78, 5) is 25.9. The molecule has 0 radical (unpaired) electrons. The van der Waals surface area contributed by atoms with Gasteiger partial charge < -0.3 is 19.5 Å². The van der Waals surface area contributed by atoms with Crippen molar-refractivity contribution in [2.75, 3.05) is 13.2 Å². The Labute approximate surface area is 234 Å². The average Bonchev–Trinajstić information content (AvgIpc) is 3.18. The third-order valence-corrected chi connectivity index (χ3v) is 7.94. The first-order valence-electron chi connectivity index (χ1n) is 13.1. The Morgan fingerprint density at radius 3 is 2.56 bits per heavy atom. The molecule has 2 aromatic carbocycles. The van der Waals surface area contributed by atoms with Crippen LogP contribution in [0.15, 0.2) is 36.4 Å². The predicted molar refractivity (Wildman–Crippen MR) is 147 cm³/mol. The lowest BCUT2D eigenvalue weighted by Crippen LogP contribution is -2.74. The number of carbonyl (C=O) groups is 2. The van der Waals surface area contributed by atoms with Crippen molar-refractivity contribution < 1.29 is 24.2 Å². The second-order valence-corrected chi connectivity index (χ2v) is 11.7. The van der Waals surface area contributed by atoms with Gasteiger partial charge in [0.15, 0.2) is 0 Å². The number of carboxylic acids is 1. The lowest BCUT2D eigenvalue weighted by atomic mass is 9.49. The van der Waals surface area contributed by atoms with Crippen molar-refractivity contribution in [3.8, 4) is 23.7 Å². The van der Waals surface area contributed by atoms with Crippen LogP contribution in [-0.2, 0) is 16.1 Å². The van der Waals surface area contributed by atoms with E-state index in [4.69, 9.17) is 31.4 Å². The highest BCUT2D eigenvalue weighted by Crippen LogP contribution is 2.59. The molecule has 1 aliphatic heterocycles. The number of amides is 1.